The lowest BCUT2D eigenvalue weighted by Gasteiger charge is -2.18. The van der Waals surface area contributed by atoms with Crippen LogP contribution in [0.5, 0.6) is 0 Å². The van der Waals surface area contributed by atoms with Gasteiger partial charge in [-0.05, 0) is 48.6 Å². The second kappa shape index (κ2) is 7.18. The normalized spacial score (nSPS) is 27.4. The van der Waals surface area contributed by atoms with Crippen LogP contribution in [0.2, 0.25) is 0 Å². The van der Waals surface area contributed by atoms with E-state index in [1.165, 1.54) is 12.1 Å². The molecule has 30 heavy (non-hydrogen) atoms. The van der Waals surface area contributed by atoms with Crippen LogP contribution in [-0.2, 0) is 32.3 Å². The smallest absolute Gasteiger partial charge is 0.309 e. The quantitative estimate of drug-likeness (QED) is 0.660. The predicted molar refractivity (Wildman–Crippen MR) is 103 cm³/mol. The Morgan fingerprint density at radius 3 is 1.93 bits per heavy atom. The molecule has 3 aliphatic rings. The maximum atomic E-state index is 13.8. The van der Waals surface area contributed by atoms with Crippen molar-refractivity contribution >= 4 is 11.9 Å². The van der Waals surface area contributed by atoms with Crippen molar-refractivity contribution in [2.75, 3.05) is 0 Å². The molecule has 2 aromatic carbocycles. The average molecular weight is 412 g/mol. The minimum atomic E-state index is -0.408. The molecule has 4 atom stereocenters. The van der Waals surface area contributed by atoms with Gasteiger partial charge >= 0.3 is 11.9 Å². The van der Waals surface area contributed by atoms with E-state index in [0.717, 1.165) is 19.3 Å². The third-order valence-corrected chi connectivity index (χ3v) is 7.00. The summed E-state index contributed by atoms with van der Waals surface area (Å²) in [6.07, 6.45) is 2.72. The molecule has 5 rings (SSSR count). The Kier molecular flexibility index (Phi) is 4.60. The molecule has 0 bridgehead atoms. The third-order valence-electron chi connectivity index (χ3n) is 7.00. The predicted octanol–water partition coefficient (Wildman–Crippen LogP) is 4.41. The summed E-state index contributed by atoms with van der Waals surface area (Å²) in [4.78, 5) is 25.4. The van der Waals surface area contributed by atoms with Crippen LogP contribution < -0.4 is 0 Å². The van der Waals surface area contributed by atoms with Crippen molar-refractivity contribution in [2.24, 2.45) is 29.1 Å². The minimum Gasteiger partial charge on any atom is -0.460 e. The number of carbonyl (C=O) groups excluding carboxylic acids is 2. The Balaban J connectivity index is 1.22. The van der Waals surface area contributed by atoms with Crippen LogP contribution in [0.1, 0.15) is 30.4 Å². The lowest BCUT2D eigenvalue weighted by molar-refractivity contribution is -0.152. The van der Waals surface area contributed by atoms with E-state index in [2.05, 4.69) is 0 Å². The molecule has 156 valence electrons. The highest BCUT2D eigenvalue weighted by molar-refractivity contribution is 5.82. The van der Waals surface area contributed by atoms with Crippen molar-refractivity contribution in [3.8, 4) is 0 Å². The van der Waals surface area contributed by atoms with Crippen LogP contribution in [0.15, 0.2) is 48.5 Å². The number of rotatable bonds is 6. The molecule has 4 unspecified atom stereocenters. The zero-order valence-corrected chi connectivity index (χ0v) is 16.4. The Morgan fingerprint density at radius 2 is 1.40 bits per heavy atom. The van der Waals surface area contributed by atoms with E-state index in [0.29, 0.717) is 11.1 Å². The van der Waals surface area contributed by atoms with E-state index in [9.17, 15) is 18.4 Å². The lowest BCUT2D eigenvalue weighted by atomic mass is 9.91. The van der Waals surface area contributed by atoms with Crippen LogP contribution in [0, 0.1) is 40.7 Å². The van der Waals surface area contributed by atoms with Crippen molar-refractivity contribution in [2.45, 2.75) is 32.5 Å². The zero-order valence-electron chi connectivity index (χ0n) is 16.4. The molecule has 0 N–H and O–H groups in total. The fraction of sp³-hybridized carbons (Fsp3) is 0.417. The third kappa shape index (κ3) is 3.28. The number of hydrogen-bond donors (Lipinski definition) is 0. The minimum absolute atomic E-state index is 0.0357. The van der Waals surface area contributed by atoms with Gasteiger partial charge in [0.2, 0.25) is 0 Å². The fourth-order valence-electron chi connectivity index (χ4n) is 5.31. The molecule has 0 saturated heterocycles. The van der Waals surface area contributed by atoms with Crippen molar-refractivity contribution in [3.63, 3.8) is 0 Å². The second-order valence-corrected chi connectivity index (χ2v) is 8.70. The van der Waals surface area contributed by atoms with Gasteiger partial charge in [0.1, 0.15) is 24.8 Å². The molecule has 3 aliphatic carbocycles. The maximum Gasteiger partial charge on any atom is 0.309 e. The topological polar surface area (TPSA) is 52.6 Å². The summed E-state index contributed by atoms with van der Waals surface area (Å²) in [7, 11) is 0. The van der Waals surface area contributed by atoms with Crippen LogP contribution in [0.4, 0.5) is 8.78 Å². The summed E-state index contributed by atoms with van der Waals surface area (Å²) in [6.45, 7) is -0.231. The number of esters is 2. The first-order valence-electron chi connectivity index (χ1n) is 10.3. The first-order chi connectivity index (χ1) is 14.5. The molecule has 0 aromatic heterocycles. The number of hydrogen-bond acceptors (Lipinski definition) is 4. The Hall–Kier alpha value is -2.76. The van der Waals surface area contributed by atoms with E-state index in [4.69, 9.17) is 9.47 Å². The van der Waals surface area contributed by atoms with Gasteiger partial charge in [0.25, 0.3) is 0 Å². The summed E-state index contributed by atoms with van der Waals surface area (Å²) in [5.74, 6) is -2.21. The second-order valence-electron chi connectivity index (χ2n) is 8.70. The standard InChI is InChI=1S/C24H22F2O4/c25-17-7-3-1-5-14(17)12-29-22(27)16-11-24(9-10-24)21-19(16)20(21)23(28)30-13-15-6-2-4-8-18(15)26/h1-8,16,19-21H,9-13H2. The molecule has 2 aromatic rings. The van der Waals surface area contributed by atoms with Crippen molar-refractivity contribution in [3.05, 3.63) is 71.3 Å². The monoisotopic (exact) mass is 412 g/mol. The summed E-state index contributed by atoms with van der Waals surface area (Å²) in [5, 5.41) is 0. The fourth-order valence-corrected chi connectivity index (χ4v) is 5.31. The highest BCUT2D eigenvalue weighted by Gasteiger charge is 2.77. The van der Waals surface area contributed by atoms with E-state index in [1.807, 2.05) is 0 Å². The van der Waals surface area contributed by atoms with Crippen LogP contribution >= 0.6 is 0 Å². The summed E-state index contributed by atoms with van der Waals surface area (Å²) in [6, 6.07) is 12.4. The number of ether oxygens (including phenoxy) is 2. The Morgan fingerprint density at radius 1 is 0.867 bits per heavy atom. The molecule has 6 heteroatoms. The molecular formula is C24H22F2O4. The molecule has 0 amide bonds. The molecule has 1 spiro atoms. The van der Waals surface area contributed by atoms with E-state index in [1.54, 1.807) is 36.4 Å². The first-order valence-corrected chi connectivity index (χ1v) is 10.3. The molecule has 0 heterocycles. The number of carbonyl (C=O) groups is 2. The molecule has 3 saturated carbocycles. The zero-order chi connectivity index (χ0) is 20.9. The van der Waals surface area contributed by atoms with E-state index in [-0.39, 0.29) is 54.2 Å². The first kappa shape index (κ1) is 19.2. The summed E-state index contributed by atoms with van der Waals surface area (Å²) < 4.78 is 38.3. The number of halogens is 2. The van der Waals surface area contributed by atoms with Crippen molar-refractivity contribution in [1.29, 1.82) is 0 Å². The van der Waals surface area contributed by atoms with Gasteiger partial charge < -0.3 is 9.47 Å². The van der Waals surface area contributed by atoms with Gasteiger partial charge in [-0.2, -0.15) is 0 Å². The van der Waals surface area contributed by atoms with Crippen molar-refractivity contribution < 1.29 is 27.8 Å². The van der Waals surface area contributed by atoms with Gasteiger partial charge in [-0.1, -0.05) is 36.4 Å². The van der Waals surface area contributed by atoms with Gasteiger partial charge in [-0.25, -0.2) is 8.78 Å². The van der Waals surface area contributed by atoms with Gasteiger partial charge in [-0.3, -0.25) is 9.59 Å². The van der Waals surface area contributed by atoms with Gasteiger partial charge in [-0.15, -0.1) is 0 Å². The molecule has 0 radical (unpaired) electrons. The summed E-state index contributed by atoms with van der Waals surface area (Å²) in [5.41, 5.74) is 0.699. The van der Waals surface area contributed by atoms with E-state index < -0.39 is 11.6 Å². The van der Waals surface area contributed by atoms with Crippen LogP contribution in [0.3, 0.4) is 0 Å². The number of fused-ring (bicyclic) bond motifs is 2. The largest absolute Gasteiger partial charge is 0.460 e. The molecule has 4 nitrogen and oxygen atoms in total. The van der Waals surface area contributed by atoms with Gasteiger partial charge in [0, 0.05) is 11.1 Å². The SMILES string of the molecule is O=C(OCc1ccccc1F)C1CC2(CC2)C2C(C(=O)OCc3ccccc3F)C12. The highest BCUT2D eigenvalue weighted by atomic mass is 19.1. The van der Waals surface area contributed by atoms with Crippen molar-refractivity contribution in [1.82, 2.24) is 0 Å². The average Bonchev–Trinajstić information content (AvgIpc) is 3.63. The Bertz CT molecular complexity index is 1000. The lowest BCUT2D eigenvalue weighted by Crippen LogP contribution is -2.24. The van der Waals surface area contributed by atoms with Crippen LogP contribution in [-0.4, -0.2) is 11.9 Å². The Labute approximate surface area is 173 Å². The molecular weight excluding hydrogens is 390 g/mol. The van der Waals surface area contributed by atoms with Gasteiger partial charge in [0.05, 0.1) is 11.8 Å². The summed E-state index contributed by atoms with van der Waals surface area (Å²) >= 11 is 0. The molecule has 3 fully saturated rings. The van der Waals surface area contributed by atoms with Gasteiger partial charge in [0.15, 0.2) is 0 Å². The van der Waals surface area contributed by atoms with E-state index >= 15 is 0 Å². The molecule has 0 aliphatic heterocycles. The maximum absolute atomic E-state index is 13.8. The number of benzene rings is 2. The van der Waals surface area contributed by atoms with Crippen LogP contribution in [0.25, 0.3) is 0 Å². The highest BCUT2D eigenvalue weighted by Crippen LogP contribution is 2.77.